The lowest BCUT2D eigenvalue weighted by molar-refractivity contribution is -0.119. The van der Waals surface area contributed by atoms with Crippen LogP contribution in [0, 0.1) is 0 Å². The van der Waals surface area contributed by atoms with Crippen molar-refractivity contribution in [1.29, 1.82) is 0 Å². The van der Waals surface area contributed by atoms with Crippen LogP contribution in [0.1, 0.15) is 0 Å². The van der Waals surface area contributed by atoms with Crippen LogP contribution in [0.15, 0.2) is 18.2 Å². The Balaban J connectivity index is 3.26. The SMILES string of the molecule is CNC(=O)CN(c1cc(Cl)ccc1Cl)S(C)(=O)=O. The van der Waals surface area contributed by atoms with Gasteiger partial charge < -0.3 is 5.32 Å². The highest BCUT2D eigenvalue weighted by atomic mass is 35.5. The van der Waals surface area contributed by atoms with E-state index in [1.807, 2.05) is 0 Å². The van der Waals surface area contributed by atoms with E-state index in [0.717, 1.165) is 10.6 Å². The van der Waals surface area contributed by atoms with Gasteiger partial charge in [0.2, 0.25) is 15.9 Å². The summed E-state index contributed by atoms with van der Waals surface area (Å²) in [6.07, 6.45) is 0.993. The van der Waals surface area contributed by atoms with Gasteiger partial charge in [-0.05, 0) is 18.2 Å². The molecule has 0 aliphatic heterocycles. The molecule has 18 heavy (non-hydrogen) atoms. The van der Waals surface area contributed by atoms with Gasteiger partial charge in [-0.15, -0.1) is 0 Å². The number of halogens is 2. The Morgan fingerprint density at radius 2 is 2.00 bits per heavy atom. The molecule has 1 aromatic rings. The van der Waals surface area contributed by atoms with Crippen LogP contribution in [-0.2, 0) is 14.8 Å². The first-order valence-corrected chi connectivity index (χ1v) is 7.49. The van der Waals surface area contributed by atoms with Crippen molar-refractivity contribution >= 4 is 44.8 Å². The smallest absolute Gasteiger partial charge is 0.240 e. The summed E-state index contributed by atoms with van der Waals surface area (Å²) in [5.74, 6) is -0.448. The molecule has 0 aliphatic rings. The fourth-order valence-electron chi connectivity index (χ4n) is 1.27. The monoisotopic (exact) mass is 310 g/mol. The lowest BCUT2D eigenvalue weighted by Crippen LogP contribution is -2.39. The Morgan fingerprint density at radius 1 is 1.39 bits per heavy atom. The number of amides is 1. The van der Waals surface area contributed by atoms with Crippen LogP contribution >= 0.6 is 23.2 Å². The van der Waals surface area contributed by atoms with E-state index in [2.05, 4.69) is 5.32 Å². The minimum Gasteiger partial charge on any atom is -0.358 e. The Hall–Kier alpha value is -0.980. The fourth-order valence-corrected chi connectivity index (χ4v) is 2.56. The zero-order chi connectivity index (χ0) is 13.9. The van der Waals surface area contributed by atoms with Crippen LogP contribution in [-0.4, -0.2) is 34.2 Å². The van der Waals surface area contributed by atoms with E-state index in [9.17, 15) is 13.2 Å². The third kappa shape index (κ3) is 3.76. The molecule has 0 bridgehead atoms. The zero-order valence-electron chi connectivity index (χ0n) is 9.78. The van der Waals surface area contributed by atoms with Gasteiger partial charge in [-0.2, -0.15) is 0 Å². The second-order valence-electron chi connectivity index (χ2n) is 3.54. The summed E-state index contributed by atoms with van der Waals surface area (Å²) in [5.41, 5.74) is 0.176. The third-order valence-electron chi connectivity index (χ3n) is 2.14. The third-order valence-corrected chi connectivity index (χ3v) is 3.82. The van der Waals surface area contributed by atoms with E-state index >= 15 is 0 Å². The van der Waals surface area contributed by atoms with Gasteiger partial charge in [-0.25, -0.2) is 8.42 Å². The van der Waals surface area contributed by atoms with Crippen LogP contribution in [0.25, 0.3) is 0 Å². The maximum absolute atomic E-state index is 11.7. The first kappa shape index (κ1) is 15.1. The van der Waals surface area contributed by atoms with Crippen LogP contribution in [0.2, 0.25) is 10.0 Å². The molecule has 0 heterocycles. The van der Waals surface area contributed by atoms with Crippen LogP contribution in [0.4, 0.5) is 5.69 Å². The Labute approximate surface area is 116 Å². The molecule has 0 spiro atoms. The molecule has 0 atom stereocenters. The topological polar surface area (TPSA) is 66.5 Å². The Bertz CT molecular complexity index is 560. The van der Waals surface area contributed by atoms with Gasteiger partial charge in [0.1, 0.15) is 6.54 Å². The molecule has 0 saturated carbocycles. The highest BCUT2D eigenvalue weighted by molar-refractivity contribution is 7.92. The lowest BCUT2D eigenvalue weighted by Gasteiger charge is -2.22. The number of nitrogens with one attached hydrogen (secondary N) is 1. The number of anilines is 1. The number of carbonyl (C=O) groups excluding carboxylic acids is 1. The minimum atomic E-state index is -3.63. The maximum atomic E-state index is 11.7. The number of rotatable bonds is 4. The number of carbonyl (C=O) groups is 1. The number of hydrogen-bond donors (Lipinski definition) is 1. The van der Waals surface area contributed by atoms with E-state index in [-0.39, 0.29) is 17.3 Å². The molecule has 1 aromatic carbocycles. The van der Waals surface area contributed by atoms with E-state index in [1.165, 1.54) is 25.2 Å². The molecule has 1 N–H and O–H groups in total. The number of hydrogen-bond acceptors (Lipinski definition) is 3. The summed E-state index contributed by atoms with van der Waals surface area (Å²) in [6.45, 7) is -0.352. The first-order valence-electron chi connectivity index (χ1n) is 4.89. The largest absolute Gasteiger partial charge is 0.358 e. The summed E-state index contributed by atoms with van der Waals surface area (Å²) < 4.78 is 24.3. The van der Waals surface area contributed by atoms with E-state index in [4.69, 9.17) is 23.2 Å². The molecule has 1 rings (SSSR count). The van der Waals surface area contributed by atoms with E-state index < -0.39 is 15.9 Å². The first-order chi connectivity index (χ1) is 8.25. The van der Waals surface area contributed by atoms with Gasteiger partial charge in [0.05, 0.1) is 17.0 Å². The predicted octanol–water partition coefficient (Wildman–Crippen LogP) is 1.51. The second kappa shape index (κ2) is 5.77. The van der Waals surface area contributed by atoms with Crippen LogP contribution in [0.5, 0.6) is 0 Å². The summed E-state index contributed by atoms with van der Waals surface area (Å²) in [5, 5.41) is 2.89. The molecule has 1 amide bonds. The van der Waals surface area contributed by atoms with Gasteiger partial charge in [-0.3, -0.25) is 9.10 Å². The molecule has 0 radical (unpaired) electrons. The second-order valence-corrected chi connectivity index (χ2v) is 6.29. The molecule has 0 aliphatic carbocycles. The van der Waals surface area contributed by atoms with Crippen molar-refractivity contribution in [2.45, 2.75) is 0 Å². The quantitative estimate of drug-likeness (QED) is 0.916. The maximum Gasteiger partial charge on any atom is 0.240 e. The average molecular weight is 311 g/mol. The molecule has 0 saturated heterocycles. The van der Waals surface area contributed by atoms with Gasteiger partial charge in [-0.1, -0.05) is 23.2 Å². The van der Waals surface area contributed by atoms with E-state index in [0.29, 0.717) is 5.02 Å². The molecule has 8 heteroatoms. The van der Waals surface area contributed by atoms with Crippen molar-refractivity contribution in [2.75, 3.05) is 24.2 Å². The molecule has 5 nitrogen and oxygen atoms in total. The Kier molecular flexibility index (Phi) is 4.84. The highest BCUT2D eigenvalue weighted by Crippen LogP contribution is 2.30. The lowest BCUT2D eigenvalue weighted by atomic mass is 10.3. The van der Waals surface area contributed by atoms with Crippen LogP contribution < -0.4 is 9.62 Å². The minimum absolute atomic E-state index is 0.176. The fraction of sp³-hybridized carbons (Fsp3) is 0.300. The van der Waals surface area contributed by atoms with Gasteiger partial charge in [0.25, 0.3) is 0 Å². The number of benzene rings is 1. The van der Waals surface area contributed by atoms with E-state index in [1.54, 1.807) is 0 Å². The molecule has 0 unspecified atom stereocenters. The molecular formula is C10H12Cl2N2O3S. The van der Waals surface area contributed by atoms with Crippen molar-refractivity contribution < 1.29 is 13.2 Å². The Morgan fingerprint density at radius 3 is 2.50 bits per heavy atom. The highest BCUT2D eigenvalue weighted by Gasteiger charge is 2.22. The zero-order valence-corrected chi connectivity index (χ0v) is 12.1. The molecule has 0 aromatic heterocycles. The molecule has 100 valence electrons. The summed E-state index contributed by atoms with van der Waals surface area (Å²) in [4.78, 5) is 11.3. The van der Waals surface area contributed by atoms with Crippen molar-refractivity contribution in [1.82, 2.24) is 5.32 Å². The number of likely N-dealkylation sites (N-methyl/N-ethyl adjacent to an activating group) is 1. The number of nitrogens with zero attached hydrogens (tertiary/aromatic N) is 1. The average Bonchev–Trinajstić information content (AvgIpc) is 2.27. The number of sulfonamides is 1. The van der Waals surface area contributed by atoms with Crippen LogP contribution in [0.3, 0.4) is 0 Å². The standard InChI is InChI=1S/C10H12Cl2N2O3S/c1-13-10(15)6-14(18(2,16)17)9-5-7(11)3-4-8(9)12/h3-5H,6H2,1-2H3,(H,13,15). The predicted molar refractivity (Wildman–Crippen MR) is 72.7 cm³/mol. The summed E-state index contributed by atoms with van der Waals surface area (Å²) in [6, 6.07) is 4.41. The van der Waals surface area contributed by atoms with Crippen molar-refractivity contribution in [3.8, 4) is 0 Å². The normalized spacial score (nSPS) is 11.1. The molecule has 0 fully saturated rings. The van der Waals surface area contributed by atoms with Crippen molar-refractivity contribution in [3.05, 3.63) is 28.2 Å². The van der Waals surface area contributed by atoms with Crippen molar-refractivity contribution in [2.24, 2.45) is 0 Å². The van der Waals surface area contributed by atoms with Gasteiger partial charge in [0.15, 0.2) is 0 Å². The molecular weight excluding hydrogens is 299 g/mol. The van der Waals surface area contributed by atoms with Crippen molar-refractivity contribution in [3.63, 3.8) is 0 Å². The summed E-state index contributed by atoms with van der Waals surface area (Å²) in [7, 11) is -2.21. The summed E-state index contributed by atoms with van der Waals surface area (Å²) >= 11 is 11.7. The van der Waals surface area contributed by atoms with Gasteiger partial charge >= 0.3 is 0 Å². The van der Waals surface area contributed by atoms with Gasteiger partial charge in [0, 0.05) is 12.1 Å².